The molecule has 0 N–H and O–H groups in total. The van der Waals surface area contributed by atoms with Crippen LogP contribution < -0.4 is 5.56 Å². The van der Waals surface area contributed by atoms with E-state index < -0.39 is 0 Å². The van der Waals surface area contributed by atoms with Crippen LogP contribution in [0.15, 0.2) is 81.4 Å². The van der Waals surface area contributed by atoms with Gasteiger partial charge < -0.3 is 4.57 Å². The summed E-state index contributed by atoms with van der Waals surface area (Å²) in [4.78, 5) is 17.6. The summed E-state index contributed by atoms with van der Waals surface area (Å²) in [5.74, 6) is 0. The summed E-state index contributed by atoms with van der Waals surface area (Å²) >= 11 is 5.82. The van der Waals surface area contributed by atoms with Crippen LogP contribution >= 0.6 is 38.5 Å². The van der Waals surface area contributed by atoms with Gasteiger partial charge in [-0.25, -0.2) is 0 Å². The van der Waals surface area contributed by atoms with Crippen LogP contribution in [0, 0.1) is 3.57 Å². The first-order valence-corrected chi connectivity index (χ1v) is 11.7. The summed E-state index contributed by atoms with van der Waals surface area (Å²) < 4.78 is 5.67. The van der Waals surface area contributed by atoms with Gasteiger partial charge in [0.15, 0.2) is 0 Å². The van der Waals surface area contributed by atoms with Crippen molar-refractivity contribution in [3.05, 3.63) is 108 Å². The molecule has 154 valence electrons. The molecule has 0 saturated heterocycles. The van der Waals surface area contributed by atoms with E-state index in [9.17, 15) is 4.79 Å². The van der Waals surface area contributed by atoms with Crippen LogP contribution in [-0.2, 0) is 20.1 Å². The number of fused-ring (bicyclic) bond motifs is 1. The lowest BCUT2D eigenvalue weighted by Crippen LogP contribution is -2.19. The minimum absolute atomic E-state index is 0.0186. The number of hydrogen-bond donors (Lipinski definition) is 0. The second-order valence-electron chi connectivity index (χ2n) is 7.56. The minimum atomic E-state index is -0.0186. The third-order valence-electron chi connectivity index (χ3n) is 5.43. The van der Waals surface area contributed by atoms with E-state index in [0.29, 0.717) is 13.1 Å². The molecule has 2 aromatic carbocycles. The normalized spacial score (nSPS) is 12.7. The zero-order valence-corrected chi connectivity index (χ0v) is 20.5. The lowest BCUT2D eigenvalue weighted by atomic mass is 9.97. The fourth-order valence-electron chi connectivity index (χ4n) is 3.82. The second kappa shape index (κ2) is 8.20. The maximum absolute atomic E-state index is 12.9. The van der Waals surface area contributed by atoms with Gasteiger partial charge in [-0.05, 0) is 75.2 Å². The van der Waals surface area contributed by atoms with Crippen LogP contribution in [0.2, 0.25) is 0 Å². The number of benzene rings is 2. The molecule has 4 aromatic rings. The first-order chi connectivity index (χ1) is 15.0. The summed E-state index contributed by atoms with van der Waals surface area (Å²) in [6.45, 7) is 1.21. The third kappa shape index (κ3) is 4.04. The van der Waals surface area contributed by atoms with Gasteiger partial charge >= 0.3 is 0 Å². The standard InChI is InChI=1S/C24H18BrIN4O/c1-29-13-19(12-28-29)24-21-9-15(2-3-17(21)11-27-24)16-6-7-30(23(31)10-16)14-18-8-20(25)4-5-22(18)26/h2-10,12-13H,11,14H2,1H3. The van der Waals surface area contributed by atoms with Gasteiger partial charge in [-0.1, -0.05) is 28.1 Å². The van der Waals surface area contributed by atoms with Crippen molar-refractivity contribution in [2.45, 2.75) is 13.1 Å². The number of nitrogens with zero attached hydrogens (tertiary/aromatic N) is 4. The van der Waals surface area contributed by atoms with Gasteiger partial charge in [-0.15, -0.1) is 0 Å². The van der Waals surface area contributed by atoms with Crippen molar-refractivity contribution in [3.63, 3.8) is 0 Å². The molecule has 0 fully saturated rings. The highest BCUT2D eigenvalue weighted by molar-refractivity contribution is 14.1. The maximum Gasteiger partial charge on any atom is 0.251 e. The van der Waals surface area contributed by atoms with E-state index >= 15 is 0 Å². The van der Waals surface area contributed by atoms with Crippen LogP contribution in [0.5, 0.6) is 0 Å². The number of aryl methyl sites for hydroxylation is 1. The van der Waals surface area contributed by atoms with E-state index in [4.69, 9.17) is 4.99 Å². The van der Waals surface area contributed by atoms with Crippen molar-refractivity contribution in [1.82, 2.24) is 14.3 Å². The first kappa shape index (κ1) is 20.4. The summed E-state index contributed by atoms with van der Waals surface area (Å²) in [5, 5.41) is 4.27. The van der Waals surface area contributed by atoms with E-state index in [1.807, 2.05) is 43.8 Å². The number of pyridine rings is 1. The quantitative estimate of drug-likeness (QED) is 0.317. The Bertz CT molecular complexity index is 1400. The molecule has 0 spiro atoms. The average Bonchev–Trinajstić information content (AvgIpc) is 3.37. The van der Waals surface area contributed by atoms with E-state index in [1.165, 1.54) is 5.56 Å². The summed E-state index contributed by atoms with van der Waals surface area (Å²) in [5.41, 5.74) is 7.29. The van der Waals surface area contributed by atoms with Crippen LogP contribution in [-0.4, -0.2) is 20.1 Å². The van der Waals surface area contributed by atoms with Crippen molar-refractivity contribution in [2.75, 3.05) is 0 Å². The number of hydrogen-bond acceptors (Lipinski definition) is 3. The molecule has 0 amide bonds. The Kier molecular flexibility index (Phi) is 5.39. The predicted molar refractivity (Wildman–Crippen MR) is 135 cm³/mol. The highest BCUT2D eigenvalue weighted by Gasteiger charge is 2.19. The Labute approximate surface area is 201 Å². The van der Waals surface area contributed by atoms with E-state index in [2.05, 4.69) is 67.9 Å². The molecule has 2 aromatic heterocycles. The van der Waals surface area contributed by atoms with Gasteiger partial charge in [0.1, 0.15) is 0 Å². The molecule has 31 heavy (non-hydrogen) atoms. The molecule has 0 saturated carbocycles. The summed E-state index contributed by atoms with van der Waals surface area (Å²) in [6, 6.07) is 16.1. The minimum Gasteiger partial charge on any atom is -0.311 e. The zero-order valence-electron chi connectivity index (χ0n) is 16.7. The molecule has 0 aliphatic carbocycles. The van der Waals surface area contributed by atoms with E-state index in [0.717, 1.165) is 41.6 Å². The zero-order chi connectivity index (χ0) is 21.5. The van der Waals surface area contributed by atoms with Crippen LogP contribution in [0.1, 0.15) is 22.3 Å². The van der Waals surface area contributed by atoms with Gasteiger partial charge in [-0.2, -0.15) is 5.10 Å². The predicted octanol–water partition coefficient (Wildman–Crippen LogP) is 5.02. The van der Waals surface area contributed by atoms with Gasteiger partial charge in [0.05, 0.1) is 25.0 Å². The van der Waals surface area contributed by atoms with Crippen molar-refractivity contribution in [1.29, 1.82) is 0 Å². The molecular formula is C24H18BrIN4O. The highest BCUT2D eigenvalue weighted by atomic mass is 127. The van der Waals surface area contributed by atoms with Crippen LogP contribution in [0.4, 0.5) is 0 Å². The molecule has 0 atom stereocenters. The topological polar surface area (TPSA) is 52.2 Å². The van der Waals surface area contributed by atoms with Gasteiger partial charge in [0, 0.05) is 44.7 Å². The largest absolute Gasteiger partial charge is 0.311 e. The summed E-state index contributed by atoms with van der Waals surface area (Å²) in [7, 11) is 1.90. The van der Waals surface area contributed by atoms with Crippen molar-refractivity contribution >= 4 is 44.2 Å². The second-order valence-corrected chi connectivity index (χ2v) is 9.63. The summed E-state index contributed by atoms with van der Waals surface area (Å²) in [6.07, 6.45) is 5.69. The van der Waals surface area contributed by atoms with Crippen molar-refractivity contribution < 1.29 is 0 Å². The van der Waals surface area contributed by atoms with Crippen molar-refractivity contribution in [3.8, 4) is 11.1 Å². The van der Waals surface area contributed by atoms with Crippen LogP contribution in [0.25, 0.3) is 11.1 Å². The SMILES string of the molecule is Cn1cc(C2=NCc3ccc(-c4ccn(Cc5cc(Br)ccc5I)c(=O)c4)cc32)cn1. The van der Waals surface area contributed by atoms with Crippen LogP contribution in [0.3, 0.4) is 0 Å². The molecule has 7 heteroatoms. The molecule has 0 radical (unpaired) electrons. The van der Waals surface area contributed by atoms with Gasteiger partial charge in [-0.3, -0.25) is 14.5 Å². The lowest BCUT2D eigenvalue weighted by molar-refractivity contribution is 0.757. The Morgan fingerprint density at radius 3 is 2.68 bits per heavy atom. The third-order valence-corrected chi connectivity index (χ3v) is 6.97. The fraction of sp³-hybridized carbons (Fsp3) is 0.125. The monoisotopic (exact) mass is 584 g/mol. The molecule has 5 nitrogen and oxygen atoms in total. The number of aliphatic imine (C=N–C) groups is 1. The molecule has 0 bridgehead atoms. The van der Waals surface area contributed by atoms with Crippen molar-refractivity contribution in [2.24, 2.45) is 12.0 Å². The molecule has 5 rings (SSSR count). The number of rotatable bonds is 4. The Hall–Kier alpha value is -2.52. The fourth-order valence-corrected chi connectivity index (χ4v) is 4.73. The average molecular weight is 585 g/mol. The number of halogens is 2. The first-order valence-electron chi connectivity index (χ1n) is 9.79. The molecular weight excluding hydrogens is 567 g/mol. The molecule has 1 aliphatic rings. The Morgan fingerprint density at radius 2 is 1.90 bits per heavy atom. The lowest BCUT2D eigenvalue weighted by Gasteiger charge is -2.11. The maximum atomic E-state index is 12.9. The number of aromatic nitrogens is 3. The van der Waals surface area contributed by atoms with E-state index in [1.54, 1.807) is 15.3 Å². The van der Waals surface area contributed by atoms with Gasteiger partial charge in [0.2, 0.25) is 0 Å². The van der Waals surface area contributed by atoms with Gasteiger partial charge in [0.25, 0.3) is 5.56 Å². The smallest absolute Gasteiger partial charge is 0.251 e. The molecule has 3 heterocycles. The molecule has 0 unspecified atom stereocenters. The molecule has 1 aliphatic heterocycles. The Balaban J connectivity index is 1.47. The highest BCUT2D eigenvalue weighted by Crippen LogP contribution is 2.28. The van der Waals surface area contributed by atoms with E-state index in [-0.39, 0.29) is 5.56 Å². The Morgan fingerprint density at radius 1 is 1.06 bits per heavy atom.